The Morgan fingerprint density at radius 2 is 1.83 bits per heavy atom. The summed E-state index contributed by atoms with van der Waals surface area (Å²) < 4.78 is 24.1. The van der Waals surface area contributed by atoms with Crippen LogP contribution in [0, 0.1) is 0 Å². The standard InChI is InChI=1S/C20H27N5O3S/c1-20(2,3)29(27,28)12-16-11-17(21)25-18(22-16)13-7-9-15(10-8-13)24-19(26)23-14-5-4-6-14/h7-11,14H,4-6,12H2,1-3H3,(H2,21,22,25)(H2,23,24,26). The average molecular weight is 418 g/mol. The van der Waals surface area contributed by atoms with Gasteiger partial charge in [0.2, 0.25) is 0 Å². The van der Waals surface area contributed by atoms with Crippen molar-refractivity contribution in [1.82, 2.24) is 15.3 Å². The molecule has 1 aromatic carbocycles. The predicted molar refractivity (Wildman–Crippen MR) is 114 cm³/mol. The molecule has 0 unspecified atom stereocenters. The normalized spacial score (nSPS) is 14.9. The van der Waals surface area contributed by atoms with Gasteiger partial charge in [-0.2, -0.15) is 0 Å². The molecule has 0 saturated heterocycles. The molecule has 9 heteroatoms. The van der Waals surface area contributed by atoms with Gasteiger partial charge in [-0.3, -0.25) is 0 Å². The maximum Gasteiger partial charge on any atom is 0.319 e. The van der Waals surface area contributed by atoms with E-state index in [-0.39, 0.29) is 23.6 Å². The Morgan fingerprint density at radius 1 is 1.17 bits per heavy atom. The molecule has 0 radical (unpaired) electrons. The number of nitrogens with one attached hydrogen (secondary N) is 2. The molecule has 0 bridgehead atoms. The quantitative estimate of drug-likeness (QED) is 0.686. The highest BCUT2D eigenvalue weighted by molar-refractivity contribution is 7.91. The van der Waals surface area contributed by atoms with Crippen LogP contribution in [0.1, 0.15) is 45.7 Å². The predicted octanol–water partition coefficient (Wildman–Crippen LogP) is 3.11. The number of nitrogens with two attached hydrogens (primary N) is 1. The fraction of sp³-hybridized carbons (Fsp3) is 0.450. The highest BCUT2D eigenvalue weighted by Gasteiger charge is 2.29. The lowest BCUT2D eigenvalue weighted by Crippen LogP contribution is -2.41. The van der Waals surface area contributed by atoms with Crippen molar-refractivity contribution in [2.75, 3.05) is 11.1 Å². The summed E-state index contributed by atoms with van der Waals surface area (Å²) in [4.78, 5) is 20.6. The first kappa shape index (κ1) is 21.0. The van der Waals surface area contributed by atoms with E-state index in [0.29, 0.717) is 22.8 Å². The third-order valence-electron chi connectivity index (χ3n) is 4.91. The van der Waals surface area contributed by atoms with Crippen molar-refractivity contribution >= 4 is 27.4 Å². The third kappa shape index (κ3) is 5.23. The van der Waals surface area contributed by atoms with Gasteiger partial charge >= 0.3 is 6.03 Å². The zero-order chi connectivity index (χ0) is 21.2. The van der Waals surface area contributed by atoms with Crippen molar-refractivity contribution in [3.8, 4) is 11.4 Å². The van der Waals surface area contributed by atoms with Crippen LogP contribution >= 0.6 is 0 Å². The zero-order valence-electron chi connectivity index (χ0n) is 16.9. The monoisotopic (exact) mass is 417 g/mol. The molecule has 0 aliphatic heterocycles. The fourth-order valence-corrected chi connectivity index (χ4v) is 3.71. The largest absolute Gasteiger partial charge is 0.384 e. The van der Waals surface area contributed by atoms with Gasteiger partial charge in [0.15, 0.2) is 15.7 Å². The Balaban J connectivity index is 1.74. The summed E-state index contributed by atoms with van der Waals surface area (Å²) in [5.41, 5.74) is 7.55. The number of amides is 2. The highest BCUT2D eigenvalue weighted by Crippen LogP contribution is 2.24. The van der Waals surface area contributed by atoms with Gasteiger partial charge in [-0.05, 0) is 64.3 Å². The second-order valence-corrected chi connectivity index (χ2v) is 11.0. The molecule has 1 aliphatic rings. The van der Waals surface area contributed by atoms with Crippen molar-refractivity contribution < 1.29 is 13.2 Å². The SMILES string of the molecule is CC(C)(C)S(=O)(=O)Cc1cc(N)nc(-c2ccc(NC(=O)NC3CCC3)cc2)n1. The van der Waals surface area contributed by atoms with Crippen molar-refractivity contribution in [3.63, 3.8) is 0 Å². The lowest BCUT2D eigenvalue weighted by Gasteiger charge is -2.26. The first-order valence-corrected chi connectivity index (χ1v) is 11.2. The van der Waals surface area contributed by atoms with Crippen LogP contribution in [0.3, 0.4) is 0 Å². The molecule has 4 N–H and O–H groups in total. The van der Waals surface area contributed by atoms with E-state index in [2.05, 4.69) is 20.6 Å². The van der Waals surface area contributed by atoms with Crippen LogP contribution in [0.2, 0.25) is 0 Å². The number of hydrogen-bond acceptors (Lipinski definition) is 6. The number of rotatable bonds is 5. The summed E-state index contributed by atoms with van der Waals surface area (Å²) >= 11 is 0. The Kier molecular flexibility index (Phi) is 5.79. The summed E-state index contributed by atoms with van der Waals surface area (Å²) in [6.07, 6.45) is 3.19. The van der Waals surface area contributed by atoms with Gasteiger partial charge in [0, 0.05) is 23.4 Å². The maximum atomic E-state index is 12.5. The second kappa shape index (κ2) is 7.98. The van der Waals surface area contributed by atoms with Crippen molar-refractivity contribution in [1.29, 1.82) is 0 Å². The van der Waals surface area contributed by atoms with Crippen LogP contribution in [0.15, 0.2) is 30.3 Å². The van der Waals surface area contributed by atoms with E-state index < -0.39 is 14.6 Å². The van der Waals surface area contributed by atoms with Crippen LogP contribution in [0.5, 0.6) is 0 Å². The summed E-state index contributed by atoms with van der Waals surface area (Å²) in [7, 11) is -3.39. The molecule has 1 fully saturated rings. The summed E-state index contributed by atoms with van der Waals surface area (Å²) in [6, 6.07) is 8.52. The van der Waals surface area contributed by atoms with Gasteiger partial charge in [0.25, 0.3) is 0 Å². The number of carbonyl (C=O) groups excluding carboxylic acids is 1. The molecule has 1 aromatic heterocycles. The van der Waals surface area contributed by atoms with Crippen molar-refractivity contribution in [2.24, 2.45) is 0 Å². The molecule has 1 heterocycles. The Morgan fingerprint density at radius 3 is 2.38 bits per heavy atom. The molecular weight excluding hydrogens is 390 g/mol. The van der Waals surface area contributed by atoms with E-state index in [9.17, 15) is 13.2 Å². The Bertz CT molecular complexity index is 994. The number of hydrogen-bond donors (Lipinski definition) is 3. The summed E-state index contributed by atoms with van der Waals surface area (Å²) in [5.74, 6) is 0.336. The van der Waals surface area contributed by atoms with Crippen LogP contribution in [0.25, 0.3) is 11.4 Å². The molecule has 2 aromatic rings. The number of aromatic nitrogens is 2. The van der Waals surface area contributed by atoms with Gasteiger partial charge in [0.1, 0.15) is 5.82 Å². The number of nitrogens with zero attached hydrogens (tertiary/aromatic N) is 2. The number of anilines is 2. The molecule has 29 heavy (non-hydrogen) atoms. The molecule has 156 valence electrons. The van der Waals surface area contributed by atoms with Crippen molar-refractivity contribution in [3.05, 3.63) is 36.0 Å². The lowest BCUT2D eigenvalue weighted by atomic mass is 9.93. The maximum absolute atomic E-state index is 12.5. The smallest absolute Gasteiger partial charge is 0.319 e. The van der Waals surface area contributed by atoms with E-state index in [1.807, 2.05) is 0 Å². The molecule has 2 amide bonds. The van der Waals surface area contributed by atoms with Gasteiger partial charge in [0.05, 0.1) is 16.2 Å². The minimum Gasteiger partial charge on any atom is -0.384 e. The molecule has 0 spiro atoms. The minimum absolute atomic E-state index is 0.205. The van der Waals surface area contributed by atoms with E-state index in [1.165, 1.54) is 6.07 Å². The zero-order valence-corrected chi connectivity index (χ0v) is 17.7. The van der Waals surface area contributed by atoms with Crippen LogP contribution < -0.4 is 16.4 Å². The van der Waals surface area contributed by atoms with Gasteiger partial charge in [-0.15, -0.1) is 0 Å². The van der Waals surface area contributed by atoms with E-state index >= 15 is 0 Å². The molecular formula is C20H27N5O3S. The van der Waals surface area contributed by atoms with E-state index in [4.69, 9.17) is 5.73 Å². The van der Waals surface area contributed by atoms with E-state index in [0.717, 1.165) is 19.3 Å². The van der Waals surface area contributed by atoms with Gasteiger partial charge < -0.3 is 16.4 Å². The van der Waals surface area contributed by atoms with Gasteiger partial charge in [-0.25, -0.2) is 23.2 Å². The fourth-order valence-electron chi connectivity index (χ4n) is 2.74. The lowest BCUT2D eigenvalue weighted by molar-refractivity contribution is 0.240. The average Bonchev–Trinajstić information content (AvgIpc) is 2.57. The van der Waals surface area contributed by atoms with E-state index in [1.54, 1.807) is 45.0 Å². The molecule has 1 aliphatic carbocycles. The number of sulfone groups is 1. The highest BCUT2D eigenvalue weighted by atomic mass is 32.2. The van der Waals surface area contributed by atoms with Crippen LogP contribution in [0.4, 0.5) is 16.3 Å². The van der Waals surface area contributed by atoms with Gasteiger partial charge in [-0.1, -0.05) is 0 Å². The molecule has 8 nitrogen and oxygen atoms in total. The second-order valence-electron chi connectivity index (χ2n) is 8.28. The molecule has 1 saturated carbocycles. The number of carbonyl (C=O) groups is 1. The topological polar surface area (TPSA) is 127 Å². The summed E-state index contributed by atoms with van der Waals surface area (Å²) in [6.45, 7) is 4.96. The van der Waals surface area contributed by atoms with Crippen LogP contribution in [-0.2, 0) is 15.6 Å². The first-order chi connectivity index (χ1) is 13.5. The van der Waals surface area contributed by atoms with Crippen molar-refractivity contribution in [2.45, 2.75) is 56.6 Å². The Labute approximate surface area is 171 Å². The number of benzene rings is 1. The molecule has 0 atom stereocenters. The number of urea groups is 1. The summed E-state index contributed by atoms with van der Waals surface area (Å²) in [5, 5.41) is 5.71. The number of nitrogen functional groups attached to an aromatic ring is 1. The van der Waals surface area contributed by atoms with Crippen LogP contribution in [-0.4, -0.2) is 35.2 Å². The third-order valence-corrected chi connectivity index (χ3v) is 7.45. The minimum atomic E-state index is -3.39. The molecule has 3 rings (SSSR count). The Hall–Kier alpha value is -2.68. The first-order valence-electron chi connectivity index (χ1n) is 9.57.